The molecule has 2 fully saturated rings. The number of anilines is 1. The molecule has 0 radical (unpaired) electrons. The Labute approximate surface area is 156 Å². The summed E-state index contributed by atoms with van der Waals surface area (Å²) in [5.74, 6) is -0.710. The number of benzene rings is 1. The summed E-state index contributed by atoms with van der Waals surface area (Å²) >= 11 is 1.65. The number of fused-ring (bicyclic) bond motifs is 2. The van der Waals surface area contributed by atoms with E-state index < -0.39 is 5.79 Å². The maximum absolute atomic E-state index is 13.2. The number of carbonyl (C=O) groups excluding carboxylic acids is 1. The number of carbonyl (C=O) groups is 1. The number of rotatable bonds is 4. The number of aromatic nitrogens is 1. The molecule has 1 saturated heterocycles. The molecule has 3 heterocycles. The Hall–Kier alpha value is -1.89. The second-order valence-corrected chi connectivity index (χ2v) is 8.14. The van der Waals surface area contributed by atoms with Gasteiger partial charge in [-0.15, -0.1) is 0 Å². The Morgan fingerprint density at radius 2 is 1.88 bits per heavy atom. The van der Waals surface area contributed by atoms with E-state index in [0.29, 0.717) is 19.1 Å². The van der Waals surface area contributed by atoms with Gasteiger partial charge in [0.25, 0.3) is 11.7 Å². The molecule has 26 heavy (non-hydrogen) atoms. The van der Waals surface area contributed by atoms with Crippen LogP contribution in [0.25, 0.3) is 0 Å². The Morgan fingerprint density at radius 3 is 2.62 bits per heavy atom. The standard InChI is InChI=1S/C20H20N2O3S/c23-19-20(24-10-1-11-25-20)17-12-16(26-15-6-8-21-9-7-15)4-5-18(17)22(19)13-14-2-3-14/h4-9,12,14H,1-3,10-11,13H2. The molecule has 2 aliphatic heterocycles. The summed E-state index contributed by atoms with van der Waals surface area (Å²) in [7, 11) is 0. The first kappa shape index (κ1) is 16.3. The van der Waals surface area contributed by atoms with E-state index in [0.717, 1.165) is 34.0 Å². The fourth-order valence-corrected chi connectivity index (χ4v) is 4.42. The molecule has 1 aliphatic carbocycles. The predicted molar refractivity (Wildman–Crippen MR) is 98.1 cm³/mol. The Bertz CT molecular complexity index is 832. The molecule has 1 aromatic heterocycles. The van der Waals surface area contributed by atoms with Crippen LogP contribution in [0.4, 0.5) is 5.69 Å². The van der Waals surface area contributed by atoms with Gasteiger partial charge in [-0.3, -0.25) is 9.78 Å². The third kappa shape index (κ3) is 2.73. The van der Waals surface area contributed by atoms with Crippen LogP contribution in [0.3, 0.4) is 0 Å². The summed E-state index contributed by atoms with van der Waals surface area (Å²) in [6, 6.07) is 10.1. The summed E-state index contributed by atoms with van der Waals surface area (Å²) in [5, 5.41) is 0. The zero-order valence-corrected chi connectivity index (χ0v) is 15.2. The van der Waals surface area contributed by atoms with Crippen LogP contribution in [-0.4, -0.2) is 30.6 Å². The molecule has 1 saturated carbocycles. The van der Waals surface area contributed by atoms with E-state index in [2.05, 4.69) is 17.1 Å². The van der Waals surface area contributed by atoms with Gasteiger partial charge in [0.05, 0.1) is 18.9 Å². The van der Waals surface area contributed by atoms with Crippen LogP contribution in [-0.2, 0) is 20.1 Å². The van der Waals surface area contributed by atoms with Gasteiger partial charge in [-0.1, -0.05) is 11.8 Å². The average Bonchev–Trinajstić information content (AvgIpc) is 3.48. The molecular formula is C20H20N2O3S. The minimum absolute atomic E-state index is 0.0647. The molecule has 134 valence electrons. The first-order chi connectivity index (χ1) is 12.8. The highest BCUT2D eigenvalue weighted by molar-refractivity contribution is 7.99. The van der Waals surface area contributed by atoms with Crippen molar-refractivity contribution < 1.29 is 14.3 Å². The lowest BCUT2D eigenvalue weighted by Gasteiger charge is -2.32. The SMILES string of the molecule is O=C1N(CC2CC2)c2ccc(Sc3ccncc3)cc2C12OCCCO2. The second-order valence-electron chi connectivity index (χ2n) is 6.99. The van der Waals surface area contributed by atoms with Crippen molar-refractivity contribution in [3.8, 4) is 0 Å². The maximum atomic E-state index is 13.2. The number of ether oxygens (including phenoxy) is 2. The summed E-state index contributed by atoms with van der Waals surface area (Å²) in [5.41, 5.74) is 1.78. The first-order valence-electron chi connectivity index (χ1n) is 9.08. The predicted octanol–water partition coefficient (Wildman–Crippen LogP) is 3.58. The van der Waals surface area contributed by atoms with Crippen molar-refractivity contribution in [3.63, 3.8) is 0 Å². The van der Waals surface area contributed by atoms with Crippen molar-refractivity contribution in [2.24, 2.45) is 5.92 Å². The fraction of sp³-hybridized carbons (Fsp3) is 0.400. The smallest absolute Gasteiger partial charge is 0.292 e. The van der Waals surface area contributed by atoms with Crippen LogP contribution < -0.4 is 4.90 Å². The van der Waals surface area contributed by atoms with Crippen molar-refractivity contribution in [1.82, 2.24) is 4.98 Å². The largest absolute Gasteiger partial charge is 0.338 e. The average molecular weight is 368 g/mol. The summed E-state index contributed by atoms with van der Waals surface area (Å²) in [6.45, 7) is 1.85. The van der Waals surface area contributed by atoms with E-state index in [1.54, 1.807) is 24.2 Å². The number of amides is 1. The number of hydrogen-bond donors (Lipinski definition) is 0. The number of hydrogen-bond acceptors (Lipinski definition) is 5. The fourth-order valence-electron chi connectivity index (χ4n) is 3.57. The monoisotopic (exact) mass is 368 g/mol. The molecule has 3 aliphatic rings. The molecular weight excluding hydrogens is 348 g/mol. The zero-order valence-electron chi connectivity index (χ0n) is 14.4. The van der Waals surface area contributed by atoms with Crippen molar-refractivity contribution in [2.75, 3.05) is 24.7 Å². The molecule has 5 nitrogen and oxygen atoms in total. The Balaban J connectivity index is 1.53. The molecule has 0 unspecified atom stereocenters. The molecule has 1 aromatic carbocycles. The molecule has 1 spiro atoms. The third-order valence-corrected chi connectivity index (χ3v) is 6.06. The van der Waals surface area contributed by atoms with Crippen LogP contribution in [0.1, 0.15) is 24.8 Å². The first-order valence-corrected chi connectivity index (χ1v) is 9.90. The van der Waals surface area contributed by atoms with Crippen molar-refractivity contribution in [3.05, 3.63) is 48.3 Å². The van der Waals surface area contributed by atoms with Crippen molar-refractivity contribution in [1.29, 1.82) is 0 Å². The Kier molecular flexibility index (Phi) is 3.99. The van der Waals surface area contributed by atoms with E-state index in [1.807, 2.05) is 23.1 Å². The lowest BCUT2D eigenvalue weighted by molar-refractivity contribution is -0.256. The molecule has 1 amide bonds. The van der Waals surface area contributed by atoms with Gasteiger partial charge in [-0.25, -0.2) is 0 Å². The van der Waals surface area contributed by atoms with Gasteiger partial charge >= 0.3 is 0 Å². The highest BCUT2D eigenvalue weighted by Crippen LogP contribution is 2.48. The van der Waals surface area contributed by atoms with E-state index in [4.69, 9.17) is 9.47 Å². The summed E-state index contributed by atoms with van der Waals surface area (Å²) < 4.78 is 11.9. The van der Waals surface area contributed by atoms with Crippen molar-refractivity contribution >= 4 is 23.4 Å². The van der Waals surface area contributed by atoms with Crippen LogP contribution in [0.5, 0.6) is 0 Å². The highest BCUT2D eigenvalue weighted by Gasteiger charge is 2.55. The topological polar surface area (TPSA) is 51.7 Å². The van der Waals surface area contributed by atoms with E-state index in [1.165, 1.54) is 12.8 Å². The van der Waals surface area contributed by atoms with Crippen molar-refractivity contribution in [2.45, 2.75) is 34.8 Å². The zero-order chi connectivity index (χ0) is 17.6. The van der Waals surface area contributed by atoms with Crippen LogP contribution >= 0.6 is 11.8 Å². The minimum atomic E-state index is -1.25. The maximum Gasteiger partial charge on any atom is 0.292 e. The van der Waals surface area contributed by atoms with E-state index in [-0.39, 0.29) is 5.91 Å². The van der Waals surface area contributed by atoms with Gasteiger partial charge in [0.1, 0.15) is 0 Å². The minimum Gasteiger partial charge on any atom is -0.338 e. The quantitative estimate of drug-likeness (QED) is 0.826. The molecule has 0 bridgehead atoms. The van der Waals surface area contributed by atoms with Crippen LogP contribution in [0.15, 0.2) is 52.5 Å². The van der Waals surface area contributed by atoms with Gasteiger partial charge in [0.2, 0.25) is 0 Å². The second kappa shape index (κ2) is 6.37. The van der Waals surface area contributed by atoms with Gasteiger partial charge in [0.15, 0.2) is 0 Å². The number of pyridine rings is 1. The third-order valence-electron chi connectivity index (χ3n) is 5.06. The molecule has 6 heteroatoms. The molecule has 0 N–H and O–H groups in total. The van der Waals surface area contributed by atoms with Gasteiger partial charge in [0, 0.05) is 34.3 Å². The molecule has 0 atom stereocenters. The van der Waals surface area contributed by atoms with E-state index >= 15 is 0 Å². The van der Waals surface area contributed by atoms with E-state index in [9.17, 15) is 4.79 Å². The summed E-state index contributed by atoms with van der Waals surface area (Å²) in [4.78, 5) is 21.3. The van der Waals surface area contributed by atoms with Crippen LogP contribution in [0.2, 0.25) is 0 Å². The Morgan fingerprint density at radius 1 is 1.12 bits per heavy atom. The number of nitrogens with zero attached hydrogens (tertiary/aromatic N) is 2. The summed E-state index contributed by atoms with van der Waals surface area (Å²) in [6.07, 6.45) is 6.78. The highest BCUT2D eigenvalue weighted by atomic mass is 32.2. The lowest BCUT2D eigenvalue weighted by atomic mass is 10.1. The van der Waals surface area contributed by atoms with Gasteiger partial charge in [-0.2, -0.15) is 0 Å². The van der Waals surface area contributed by atoms with Crippen LogP contribution in [0, 0.1) is 5.92 Å². The lowest BCUT2D eigenvalue weighted by Crippen LogP contribution is -2.47. The molecule has 2 aromatic rings. The molecule has 5 rings (SSSR count). The van der Waals surface area contributed by atoms with Gasteiger partial charge in [-0.05, 0) is 55.5 Å². The van der Waals surface area contributed by atoms with Gasteiger partial charge < -0.3 is 14.4 Å². The normalized spacial score (nSPS) is 21.2.